The van der Waals surface area contributed by atoms with E-state index in [4.69, 9.17) is 0 Å². The number of aryl methyl sites for hydroxylation is 1. The zero-order chi connectivity index (χ0) is 12.4. The Morgan fingerprint density at radius 3 is 2.94 bits per heavy atom. The normalized spacial score (nSPS) is 12.7. The largest absolute Gasteiger partial charge is 0.386 e. The van der Waals surface area contributed by atoms with Crippen LogP contribution in [-0.2, 0) is 13.5 Å². The van der Waals surface area contributed by atoms with E-state index in [2.05, 4.69) is 20.9 Å². The van der Waals surface area contributed by atoms with Gasteiger partial charge in [-0.25, -0.2) is 9.37 Å². The van der Waals surface area contributed by atoms with Gasteiger partial charge in [0, 0.05) is 19.7 Å². The number of hydrogen-bond acceptors (Lipinski definition) is 2. The van der Waals surface area contributed by atoms with Crippen LogP contribution in [0, 0.1) is 5.82 Å². The fourth-order valence-corrected chi connectivity index (χ4v) is 2.05. The third-order valence-corrected chi connectivity index (χ3v) is 3.40. The van der Waals surface area contributed by atoms with Crippen molar-refractivity contribution >= 4 is 15.9 Å². The Kier molecular flexibility index (Phi) is 3.59. The lowest BCUT2D eigenvalue weighted by atomic mass is 10.1. The average Bonchev–Trinajstić information content (AvgIpc) is 2.72. The van der Waals surface area contributed by atoms with E-state index < -0.39 is 6.10 Å². The number of nitrogens with zero attached hydrogens (tertiary/aromatic N) is 2. The number of aromatic nitrogens is 2. The molecule has 3 nitrogen and oxygen atoms in total. The molecule has 17 heavy (non-hydrogen) atoms. The molecule has 5 heteroatoms. The standard InChI is InChI=1S/C12H12BrFN2O/c1-16-6-10(15-7-16)11(17)5-8-3-2-4-9(14)12(8)13/h2-4,6-7,11,17H,5H2,1H3. The van der Waals surface area contributed by atoms with Crippen molar-refractivity contribution in [3.63, 3.8) is 0 Å². The molecule has 0 aliphatic heterocycles. The maximum Gasteiger partial charge on any atom is 0.137 e. The lowest BCUT2D eigenvalue weighted by Crippen LogP contribution is -2.03. The Morgan fingerprint density at radius 2 is 2.29 bits per heavy atom. The van der Waals surface area contributed by atoms with Gasteiger partial charge in [0.25, 0.3) is 0 Å². The van der Waals surface area contributed by atoms with Crippen LogP contribution in [0.2, 0.25) is 0 Å². The fourth-order valence-electron chi connectivity index (χ4n) is 1.62. The molecular weight excluding hydrogens is 287 g/mol. The second kappa shape index (κ2) is 4.98. The number of halogens is 2. The van der Waals surface area contributed by atoms with Crippen molar-refractivity contribution in [1.82, 2.24) is 9.55 Å². The molecule has 1 heterocycles. The summed E-state index contributed by atoms with van der Waals surface area (Å²) in [6, 6.07) is 4.78. The predicted octanol–water partition coefficient (Wildman–Crippen LogP) is 2.60. The van der Waals surface area contributed by atoms with Gasteiger partial charge < -0.3 is 9.67 Å². The third-order valence-electron chi connectivity index (χ3n) is 2.51. The highest BCUT2D eigenvalue weighted by atomic mass is 79.9. The molecule has 0 aliphatic carbocycles. The highest BCUT2D eigenvalue weighted by Gasteiger charge is 2.14. The van der Waals surface area contributed by atoms with Gasteiger partial charge in [0.05, 0.1) is 16.5 Å². The van der Waals surface area contributed by atoms with Crippen molar-refractivity contribution in [1.29, 1.82) is 0 Å². The summed E-state index contributed by atoms with van der Waals surface area (Å²) in [4.78, 5) is 4.07. The van der Waals surface area contributed by atoms with Crippen LogP contribution >= 0.6 is 15.9 Å². The Morgan fingerprint density at radius 1 is 1.53 bits per heavy atom. The van der Waals surface area contributed by atoms with Gasteiger partial charge in [0.15, 0.2) is 0 Å². The molecule has 0 spiro atoms. The van der Waals surface area contributed by atoms with Crippen LogP contribution in [0.4, 0.5) is 4.39 Å². The van der Waals surface area contributed by atoms with Gasteiger partial charge in [0.2, 0.25) is 0 Å². The first-order valence-electron chi connectivity index (χ1n) is 5.16. The number of imidazole rings is 1. The molecule has 2 rings (SSSR count). The second-order valence-electron chi connectivity index (χ2n) is 3.90. The summed E-state index contributed by atoms with van der Waals surface area (Å²) in [6.07, 6.45) is 2.97. The van der Waals surface area contributed by atoms with Crippen LogP contribution in [-0.4, -0.2) is 14.7 Å². The molecule has 1 aromatic carbocycles. The van der Waals surface area contributed by atoms with Crippen molar-refractivity contribution in [3.05, 3.63) is 52.3 Å². The number of rotatable bonds is 3. The summed E-state index contributed by atoms with van der Waals surface area (Å²) in [6.45, 7) is 0. The molecule has 0 saturated heterocycles. The molecule has 1 aromatic heterocycles. The topological polar surface area (TPSA) is 38.0 Å². The van der Waals surface area contributed by atoms with Crippen molar-refractivity contribution < 1.29 is 9.50 Å². The van der Waals surface area contributed by atoms with E-state index in [0.717, 1.165) is 5.56 Å². The van der Waals surface area contributed by atoms with Crippen LogP contribution in [0.5, 0.6) is 0 Å². The Labute approximate surface area is 107 Å². The third kappa shape index (κ3) is 2.73. The summed E-state index contributed by atoms with van der Waals surface area (Å²) < 4.78 is 15.4. The minimum Gasteiger partial charge on any atom is -0.386 e. The maximum atomic E-state index is 13.3. The second-order valence-corrected chi connectivity index (χ2v) is 4.69. The van der Waals surface area contributed by atoms with Gasteiger partial charge in [-0.3, -0.25) is 0 Å². The van der Waals surface area contributed by atoms with Gasteiger partial charge in [-0.15, -0.1) is 0 Å². The van der Waals surface area contributed by atoms with Crippen LogP contribution in [0.25, 0.3) is 0 Å². The molecule has 0 radical (unpaired) electrons. The number of benzene rings is 1. The van der Waals surface area contributed by atoms with E-state index in [1.165, 1.54) is 6.07 Å². The van der Waals surface area contributed by atoms with Crippen LogP contribution in [0.1, 0.15) is 17.4 Å². The van der Waals surface area contributed by atoms with Crippen molar-refractivity contribution in [2.75, 3.05) is 0 Å². The van der Waals surface area contributed by atoms with Gasteiger partial charge in [0.1, 0.15) is 11.9 Å². The summed E-state index contributed by atoms with van der Waals surface area (Å²) >= 11 is 3.17. The van der Waals surface area contributed by atoms with Gasteiger partial charge in [-0.1, -0.05) is 12.1 Å². The predicted molar refractivity (Wildman–Crippen MR) is 66.0 cm³/mol. The molecule has 0 amide bonds. The lowest BCUT2D eigenvalue weighted by Gasteiger charge is -2.09. The first-order chi connectivity index (χ1) is 8.08. The van der Waals surface area contributed by atoms with E-state index in [-0.39, 0.29) is 5.82 Å². The SMILES string of the molecule is Cn1cnc(C(O)Cc2cccc(F)c2Br)c1. The molecule has 0 fully saturated rings. The minimum absolute atomic E-state index is 0.323. The summed E-state index contributed by atoms with van der Waals surface area (Å²) in [5, 5.41) is 9.98. The smallest absolute Gasteiger partial charge is 0.137 e. The molecule has 0 bridgehead atoms. The van der Waals surface area contributed by atoms with Crippen molar-refractivity contribution in [2.24, 2.45) is 7.05 Å². The molecule has 1 unspecified atom stereocenters. The van der Waals surface area contributed by atoms with Gasteiger partial charge >= 0.3 is 0 Å². The zero-order valence-corrected chi connectivity index (χ0v) is 10.9. The van der Waals surface area contributed by atoms with E-state index in [0.29, 0.717) is 16.6 Å². The van der Waals surface area contributed by atoms with Gasteiger partial charge in [-0.2, -0.15) is 0 Å². The first kappa shape index (κ1) is 12.3. The Bertz CT molecular complexity index is 527. The maximum absolute atomic E-state index is 13.3. The number of aliphatic hydroxyl groups excluding tert-OH is 1. The fraction of sp³-hybridized carbons (Fsp3) is 0.250. The monoisotopic (exact) mass is 298 g/mol. The van der Waals surface area contributed by atoms with Gasteiger partial charge in [-0.05, 0) is 27.6 Å². The molecular formula is C12H12BrFN2O. The van der Waals surface area contributed by atoms with Crippen LogP contribution in [0.3, 0.4) is 0 Å². The highest BCUT2D eigenvalue weighted by Crippen LogP contribution is 2.25. The van der Waals surface area contributed by atoms with Crippen LogP contribution < -0.4 is 0 Å². The molecule has 1 atom stereocenters. The minimum atomic E-state index is -0.728. The average molecular weight is 299 g/mol. The van der Waals surface area contributed by atoms with Crippen LogP contribution in [0.15, 0.2) is 35.2 Å². The van der Waals surface area contributed by atoms with E-state index in [1.807, 2.05) is 7.05 Å². The number of hydrogen-bond donors (Lipinski definition) is 1. The lowest BCUT2D eigenvalue weighted by molar-refractivity contribution is 0.173. The van der Waals surface area contributed by atoms with Crippen molar-refractivity contribution in [3.8, 4) is 0 Å². The number of aliphatic hydroxyl groups is 1. The first-order valence-corrected chi connectivity index (χ1v) is 5.96. The highest BCUT2D eigenvalue weighted by molar-refractivity contribution is 9.10. The molecule has 2 aromatic rings. The van der Waals surface area contributed by atoms with E-state index in [9.17, 15) is 9.50 Å². The molecule has 0 aliphatic rings. The molecule has 0 saturated carbocycles. The summed E-state index contributed by atoms with van der Waals surface area (Å²) in [7, 11) is 1.83. The summed E-state index contributed by atoms with van der Waals surface area (Å²) in [5.74, 6) is -0.323. The summed E-state index contributed by atoms with van der Waals surface area (Å²) in [5.41, 5.74) is 1.31. The Hall–Kier alpha value is -1.20. The molecule has 1 N–H and O–H groups in total. The van der Waals surface area contributed by atoms with Crippen molar-refractivity contribution in [2.45, 2.75) is 12.5 Å². The van der Waals surface area contributed by atoms with E-state index in [1.54, 1.807) is 29.2 Å². The Balaban J connectivity index is 2.18. The zero-order valence-electron chi connectivity index (χ0n) is 9.27. The van der Waals surface area contributed by atoms with E-state index >= 15 is 0 Å². The molecule has 90 valence electrons. The quantitative estimate of drug-likeness (QED) is 0.946.